The predicted octanol–water partition coefficient (Wildman–Crippen LogP) is 1.36. The van der Waals surface area contributed by atoms with Crippen LogP contribution in [0.2, 0.25) is 0 Å². The van der Waals surface area contributed by atoms with Gasteiger partial charge in [0.05, 0.1) is 10.9 Å². The molecule has 0 unspecified atom stereocenters. The standard InChI is InChI=1S/C12H12N2O5S/c1-5(2)9-13-10-8(6(4-20-10)12(18)19)11(17)14(9)3-7(15)16/h4-5H,3H2,1-2H3,(H,15,16)(H,18,19). The molecule has 20 heavy (non-hydrogen) atoms. The second kappa shape index (κ2) is 5.04. The number of rotatable bonds is 4. The third kappa shape index (κ3) is 2.29. The number of carboxylic acid groups (broad SMARTS) is 2. The van der Waals surface area contributed by atoms with Gasteiger partial charge in [0.25, 0.3) is 5.56 Å². The van der Waals surface area contributed by atoms with Crippen LogP contribution in [0.25, 0.3) is 10.2 Å². The second-order valence-electron chi connectivity index (χ2n) is 4.54. The van der Waals surface area contributed by atoms with E-state index in [-0.39, 0.29) is 16.9 Å². The molecule has 0 bridgehead atoms. The Balaban J connectivity index is 2.85. The summed E-state index contributed by atoms with van der Waals surface area (Å²) in [4.78, 5) is 38.9. The topological polar surface area (TPSA) is 109 Å². The van der Waals surface area contributed by atoms with Gasteiger partial charge in [0.1, 0.15) is 17.2 Å². The molecule has 106 valence electrons. The van der Waals surface area contributed by atoms with Crippen LogP contribution in [0.15, 0.2) is 10.2 Å². The normalized spacial score (nSPS) is 11.2. The van der Waals surface area contributed by atoms with E-state index in [9.17, 15) is 14.4 Å². The Morgan fingerprint density at radius 3 is 2.55 bits per heavy atom. The van der Waals surface area contributed by atoms with E-state index in [4.69, 9.17) is 10.2 Å². The zero-order valence-electron chi connectivity index (χ0n) is 10.8. The van der Waals surface area contributed by atoms with Crippen LogP contribution in [0.5, 0.6) is 0 Å². The number of hydrogen-bond acceptors (Lipinski definition) is 5. The Morgan fingerprint density at radius 2 is 2.05 bits per heavy atom. The van der Waals surface area contributed by atoms with Crippen LogP contribution in [0, 0.1) is 0 Å². The summed E-state index contributed by atoms with van der Waals surface area (Å²) < 4.78 is 1.02. The van der Waals surface area contributed by atoms with Crippen molar-refractivity contribution in [3.05, 3.63) is 27.1 Å². The summed E-state index contributed by atoms with van der Waals surface area (Å²) in [6.45, 7) is 3.04. The van der Waals surface area contributed by atoms with Crippen molar-refractivity contribution < 1.29 is 19.8 Å². The first-order valence-corrected chi connectivity index (χ1v) is 6.68. The quantitative estimate of drug-likeness (QED) is 0.881. The van der Waals surface area contributed by atoms with Crippen molar-refractivity contribution in [3.8, 4) is 0 Å². The highest BCUT2D eigenvalue weighted by molar-refractivity contribution is 7.17. The summed E-state index contributed by atoms with van der Waals surface area (Å²) >= 11 is 1.06. The summed E-state index contributed by atoms with van der Waals surface area (Å²) in [5, 5.41) is 19.3. The van der Waals surface area contributed by atoms with Crippen LogP contribution in [-0.2, 0) is 11.3 Å². The van der Waals surface area contributed by atoms with Crippen LogP contribution in [0.4, 0.5) is 0 Å². The van der Waals surface area contributed by atoms with Crippen molar-refractivity contribution in [2.75, 3.05) is 0 Å². The zero-order chi connectivity index (χ0) is 15.0. The van der Waals surface area contributed by atoms with Gasteiger partial charge in [-0.25, -0.2) is 9.78 Å². The minimum Gasteiger partial charge on any atom is -0.480 e. The van der Waals surface area contributed by atoms with Gasteiger partial charge < -0.3 is 10.2 Å². The van der Waals surface area contributed by atoms with E-state index >= 15 is 0 Å². The molecule has 0 aromatic carbocycles. The van der Waals surface area contributed by atoms with Crippen LogP contribution in [0.1, 0.15) is 35.9 Å². The van der Waals surface area contributed by atoms with E-state index in [0.29, 0.717) is 10.7 Å². The largest absolute Gasteiger partial charge is 0.480 e. The molecule has 2 N–H and O–H groups in total. The SMILES string of the molecule is CC(C)c1nc2scc(C(=O)O)c2c(=O)n1CC(=O)O. The highest BCUT2D eigenvalue weighted by atomic mass is 32.1. The Bertz CT molecular complexity index is 759. The average Bonchev–Trinajstić information content (AvgIpc) is 2.75. The predicted molar refractivity (Wildman–Crippen MR) is 72.6 cm³/mol. The molecule has 0 saturated carbocycles. The molecule has 0 fully saturated rings. The number of aromatic nitrogens is 2. The molecule has 0 amide bonds. The van der Waals surface area contributed by atoms with Gasteiger partial charge in [-0.3, -0.25) is 14.2 Å². The lowest BCUT2D eigenvalue weighted by molar-refractivity contribution is -0.137. The molecule has 2 aromatic rings. The molecule has 2 rings (SSSR count). The summed E-state index contributed by atoms with van der Waals surface area (Å²) in [5.41, 5.74) is -0.767. The lowest BCUT2D eigenvalue weighted by Crippen LogP contribution is -2.29. The van der Waals surface area contributed by atoms with Crippen molar-refractivity contribution in [2.24, 2.45) is 0 Å². The van der Waals surface area contributed by atoms with Crippen LogP contribution < -0.4 is 5.56 Å². The molecule has 8 heteroatoms. The number of fused-ring (bicyclic) bond motifs is 1. The minimum absolute atomic E-state index is 0.0341. The lowest BCUT2D eigenvalue weighted by Gasteiger charge is -2.13. The maximum atomic E-state index is 12.4. The third-order valence-electron chi connectivity index (χ3n) is 2.76. The Labute approximate surface area is 117 Å². The van der Waals surface area contributed by atoms with Crippen molar-refractivity contribution in [3.63, 3.8) is 0 Å². The molecule has 0 aliphatic heterocycles. The van der Waals surface area contributed by atoms with E-state index in [2.05, 4.69) is 4.98 Å². The zero-order valence-corrected chi connectivity index (χ0v) is 11.6. The van der Waals surface area contributed by atoms with E-state index in [1.165, 1.54) is 5.38 Å². The van der Waals surface area contributed by atoms with Gasteiger partial charge >= 0.3 is 11.9 Å². The second-order valence-corrected chi connectivity index (χ2v) is 5.40. The van der Waals surface area contributed by atoms with Crippen molar-refractivity contribution >= 4 is 33.5 Å². The molecule has 0 saturated heterocycles. The van der Waals surface area contributed by atoms with Gasteiger partial charge in [0.15, 0.2) is 0 Å². The van der Waals surface area contributed by atoms with Gasteiger partial charge in [0, 0.05) is 11.3 Å². The summed E-state index contributed by atoms with van der Waals surface area (Å²) in [5.74, 6) is -2.22. The average molecular weight is 296 g/mol. The van der Waals surface area contributed by atoms with Crippen LogP contribution in [0.3, 0.4) is 0 Å². The first-order valence-electron chi connectivity index (χ1n) is 5.80. The fraction of sp³-hybridized carbons (Fsp3) is 0.333. The van der Waals surface area contributed by atoms with Gasteiger partial charge in [-0.05, 0) is 0 Å². The Morgan fingerprint density at radius 1 is 1.40 bits per heavy atom. The smallest absolute Gasteiger partial charge is 0.337 e. The maximum Gasteiger partial charge on any atom is 0.337 e. The van der Waals surface area contributed by atoms with E-state index in [1.807, 2.05) is 0 Å². The maximum absolute atomic E-state index is 12.4. The van der Waals surface area contributed by atoms with Gasteiger partial charge in [-0.2, -0.15) is 0 Å². The molecular weight excluding hydrogens is 284 g/mol. The molecule has 0 spiro atoms. The van der Waals surface area contributed by atoms with E-state index < -0.39 is 24.0 Å². The molecule has 0 aliphatic rings. The number of thiophene rings is 1. The number of carboxylic acids is 2. The summed E-state index contributed by atoms with van der Waals surface area (Å²) in [6, 6.07) is 0. The molecule has 0 atom stereocenters. The van der Waals surface area contributed by atoms with Crippen LogP contribution >= 0.6 is 11.3 Å². The molecule has 2 heterocycles. The molecule has 2 aromatic heterocycles. The van der Waals surface area contributed by atoms with Gasteiger partial charge in [0.2, 0.25) is 0 Å². The highest BCUT2D eigenvalue weighted by Gasteiger charge is 2.21. The Kier molecular flexibility index (Phi) is 3.58. The van der Waals surface area contributed by atoms with Crippen molar-refractivity contribution in [1.82, 2.24) is 9.55 Å². The first kappa shape index (κ1) is 14.2. The summed E-state index contributed by atoms with van der Waals surface area (Å²) in [6.07, 6.45) is 0. The summed E-state index contributed by atoms with van der Waals surface area (Å²) in [7, 11) is 0. The molecular formula is C12H12N2O5S. The van der Waals surface area contributed by atoms with Crippen molar-refractivity contribution in [2.45, 2.75) is 26.3 Å². The van der Waals surface area contributed by atoms with Crippen LogP contribution in [-0.4, -0.2) is 31.7 Å². The van der Waals surface area contributed by atoms with E-state index in [0.717, 1.165) is 15.9 Å². The fourth-order valence-corrected chi connectivity index (χ4v) is 2.84. The van der Waals surface area contributed by atoms with E-state index in [1.54, 1.807) is 13.8 Å². The molecule has 0 radical (unpaired) electrons. The third-order valence-corrected chi connectivity index (χ3v) is 3.64. The number of aromatic carboxylic acids is 1. The monoisotopic (exact) mass is 296 g/mol. The van der Waals surface area contributed by atoms with Gasteiger partial charge in [-0.1, -0.05) is 13.8 Å². The molecule has 0 aliphatic carbocycles. The highest BCUT2D eigenvalue weighted by Crippen LogP contribution is 2.23. The Hall–Kier alpha value is -2.22. The fourth-order valence-electron chi connectivity index (χ4n) is 1.93. The lowest BCUT2D eigenvalue weighted by atomic mass is 10.2. The number of carbonyl (C=O) groups is 2. The molecule has 7 nitrogen and oxygen atoms in total. The number of hydrogen-bond donors (Lipinski definition) is 2. The van der Waals surface area contributed by atoms with Gasteiger partial charge in [-0.15, -0.1) is 11.3 Å². The number of aliphatic carboxylic acids is 1. The number of nitrogens with zero attached hydrogens (tertiary/aromatic N) is 2. The van der Waals surface area contributed by atoms with Crippen molar-refractivity contribution in [1.29, 1.82) is 0 Å². The first-order chi connectivity index (χ1) is 9.32. The minimum atomic E-state index is -1.23.